The molecule has 3 rings (SSSR count). The number of esters is 1. The average molecular weight is 454 g/mol. The number of hydrogen-bond donors (Lipinski definition) is 0. The molecule has 0 radical (unpaired) electrons. The standard InChI is InChI=1S/C25H21F2NO3S/c1-2-22(17-8-7-13-21(15-17)32-25(26)27)24(29)31-23(16-28)18-9-6-12-20(14-18)30-19-10-4-3-5-11-19/h3-15,22-23,25H,2H2,1H3. The monoisotopic (exact) mass is 453 g/mol. The first-order valence-corrected chi connectivity index (χ1v) is 10.9. The van der Waals surface area contributed by atoms with Gasteiger partial charge < -0.3 is 9.47 Å². The van der Waals surface area contributed by atoms with Crippen molar-refractivity contribution in [3.05, 3.63) is 90.0 Å². The van der Waals surface area contributed by atoms with Gasteiger partial charge >= 0.3 is 5.97 Å². The zero-order valence-electron chi connectivity index (χ0n) is 17.3. The summed E-state index contributed by atoms with van der Waals surface area (Å²) in [5.41, 5.74) is 1.05. The maximum absolute atomic E-state index is 12.9. The van der Waals surface area contributed by atoms with E-state index >= 15 is 0 Å². The van der Waals surface area contributed by atoms with Crippen LogP contribution in [-0.2, 0) is 9.53 Å². The van der Waals surface area contributed by atoms with Crippen LogP contribution in [0.2, 0.25) is 0 Å². The molecule has 0 saturated carbocycles. The van der Waals surface area contributed by atoms with Crippen LogP contribution in [0.4, 0.5) is 8.78 Å². The van der Waals surface area contributed by atoms with Gasteiger partial charge in [-0.2, -0.15) is 14.0 Å². The van der Waals surface area contributed by atoms with Crippen LogP contribution in [0.5, 0.6) is 11.5 Å². The van der Waals surface area contributed by atoms with Crippen LogP contribution in [-0.4, -0.2) is 11.7 Å². The minimum absolute atomic E-state index is 0.367. The molecule has 32 heavy (non-hydrogen) atoms. The predicted octanol–water partition coefficient (Wildman–Crippen LogP) is 7.10. The summed E-state index contributed by atoms with van der Waals surface area (Å²) in [5.74, 6) is -2.66. The lowest BCUT2D eigenvalue weighted by Crippen LogP contribution is -2.18. The number of carbonyl (C=O) groups is 1. The molecule has 3 aromatic carbocycles. The highest BCUT2D eigenvalue weighted by Gasteiger charge is 2.25. The molecule has 2 unspecified atom stereocenters. The fourth-order valence-electron chi connectivity index (χ4n) is 3.18. The third-order valence-corrected chi connectivity index (χ3v) is 5.37. The second kappa shape index (κ2) is 11.3. The molecule has 4 nitrogen and oxygen atoms in total. The molecule has 0 aliphatic carbocycles. The van der Waals surface area contributed by atoms with Gasteiger partial charge in [0.15, 0.2) is 0 Å². The Morgan fingerprint density at radius 2 is 1.66 bits per heavy atom. The topological polar surface area (TPSA) is 59.3 Å². The largest absolute Gasteiger partial charge is 0.457 e. The van der Waals surface area contributed by atoms with E-state index < -0.39 is 23.7 Å². The van der Waals surface area contributed by atoms with Gasteiger partial charge in [-0.1, -0.05) is 61.2 Å². The van der Waals surface area contributed by atoms with E-state index in [0.29, 0.717) is 45.7 Å². The summed E-state index contributed by atoms with van der Waals surface area (Å²) in [6.45, 7) is 1.80. The lowest BCUT2D eigenvalue weighted by atomic mass is 9.96. The Morgan fingerprint density at radius 3 is 2.34 bits per heavy atom. The third kappa shape index (κ3) is 6.32. The number of nitriles is 1. The van der Waals surface area contributed by atoms with E-state index in [-0.39, 0.29) is 0 Å². The predicted molar refractivity (Wildman–Crippen MR) is 119 cm³/mol. The number of halogens is 2. The van der Waals surface area contributed by atoms with Crippen LogP contribution >= 0.6 is 11.8 Å². The first-order chi connectivity index (χ1) is 15.5. The van der Waals surface area contributed by atoms with E-state index in [0.717, 1.165) is 0 Å². The number of para-hydroxylation sites is 1. The highest BCUT2D eigenvalue weighted by molar-refractivity contribution is 7.99. The summed E-state index contributed by atoms with van der Waals surface area (Å²) in [4.78, 5) is 13.2. The second-order valence-corrected chi connectivity index (χ2v) is 7.91. The molecule has 0 aliphatic rings. The van der Waals surface area contributed by atoms with Crippen molar-refractivity contribution in [3.63, 3.8) is 0 Å². The number of carbonyl (C=O) groups excluding carboxylic acids is 1. The van der Waals surface area contributed by atoms with E-state index in [1.54, 1.807) is 67.6 Å². The van der Waals surface area contributed by atoms with Crippen LogP contribution in [0, 0.1) is 11.3 Å². The van der Waals surface area contributed by atoms with Gasteiger partial charge in [0.2, 0.25) is 6.10 Å². The van der Waals surface area contributed by atoms with Crippen molar-refractivity contribution >= 4 is 17.7 Å². The molecule has 0 spiro atoms. The molecule has 0 saturated heterocycles. The van der Waals surface area contributed by atoms with E-state index in [9.17, 15) is 18.8 Å². The molecular weight excluding hydrogens is 432 g/mol. The maximum Gasteiger partial charge on any atom is 0.315 e. The number of hydrogen-bond acceptors (Lipinski definition) is 5. The van der Waals surface area contributed by atoms with Gasteiger partial charge in [0.05, 0.1) is 5.92 Å². The molecule has 0 N–H and O–H groups in total. The van der Waals surface area contributed by atoms with Gasteiger partial charge in [0.25, 0.3) is 5.76 Å². The normalized spacial score (nSPS) is 12.6. The van der Waals surface area contributed by atoms with Crippen molar-refractivity contribution < 1.29 is 23.0 Å². The Morgan fingerprint density at radius 1 is 0.969 bits per heavy atom. The van der Waals surface area contributed by atoms with Gasteiger partial charge in [-0.05, 0) is 48.4 Å². The van der Waals surface area contributed by atoms with Gasteiger partial charge in [-0.3, -0.25) is 4.79 Å². The number of thioether (sulfide) groups is 1. The van der Waals surface area contributed by atoms with E-state index in [1.807, 2.05) is 24.3 Å². The van der Waals surface area contributed by atoms with Gasteiger partial charge in [0, 0.05) is 10.5 Å². The molecule has 0 amide bonds. The summed E-state index contributed by atoms with van der Waals surface area (Å²) in [5, 5.41) is 9.62. The Kier molecular flexibility index (Phi) is 8.23. The van der Waals surface area contributed by atoms with Crippen LogP contribution in [0.15, 0.2) is 83.8 Å². The molecule has 2 atom stereocenters. The minimum Gasteiger partial charge on any atom is -0.457 e. The molecule has 7 heteroatoms. The molecule has 0 fully saturated rings. The number of alkyl halides is 2. The summed E-state index contributed by atoms with van der Waals surface area (Å²) >= 11 is 0.418. The fraction of sp³-hybridized carbons (Fsp3) is 0.200. The highest BCUT2D eigenvalue weighted by Crippen LogP contribution is 2.31. The Balaban J connectivity index is 1.75. The molecule has 0 aliphatic heterocycles. The quantitative estimate of drug-likeness (QED) is 0.256. The fourth-order valence-corrected chi connectivity index (χ4v) is 3.75. The van der Waals surface area contributed by atoms with Crippen molar-refractivity contribution in [2.45, 2.75) is 36.0 Å². The zero-order chi connectivity index (χ0) is 22.9. The zero-order valence-corrected chi connectivity index (χ0v) is 18.1. The molecule has 164 valence electrons. The van der Waals surface area contributed by atoms with E-state index in [1.165, 1.54) is 0 Å². The lowest BCUT2D eigenvalue weighted by molar-refractivity contribution is -0.148. The van der Waals surface area contributed by atoms with Crippen LogP contribution in [0.1, 0.15) is 36.5 Å². The molecule has 0 aromatic heterocycles. The molecule has 0 heterocycles. The second-order valence-electron chi connectivity index (χ2n) is 6.85. The Labute approximate surface area is 189 Å². The van der Waals surface area contributed by atoms with E-state index in [4.69, 9.17) is 9.47 Å². The summed E-state index contributed by atoms with van der Waals surface area (Å²) in [6.07, 6.45) is -0.730. The van der Waals surface area contributed by atoms with Crippen molar-refractivity contribution in [1.29, 1.82) is 5.26 Å². The first-order valence-electron chi connectivity index (χ1n) is 9.98. The lowest BCUT2D eigenvalue weighted by Gasteiger charge is -2.18. The van der Waals surface area contributed by atoms with Crippen molar-refractivity contribution in [2.24, 2.45) is 0 Å². The van der Waals surface area contributed by atoms with E-state index in [2.05, 4.69) is 0 Å². The van der Waals surface area contributed by atoms with Crippen LogP contribution < -0.4 is 4.74 Å². The minimum atomic E-state index is -2.55. The third-order valence-electron chi connectivity index (χ3n) is 4.67. The summed E-state index contributed by atoms with van der Waals surface area (Å²) < 4.78 is 36.7. The maximum atomic E-state index is 12.9. The van der Waals surface area contributed by atoms with Crippen molar-refractivity contribution in [3.8, 4) is 17.6 Å². The number of rotatable bonds is 9. The Hall–Kier alpha value is -3.37. The molecule has 0 bridgehead atoms. The summed E-state index contributed by atoms with van der Waals surface area (Å²) in [7, 11) is 0. The van der Waals surface area contributed by atoms with Gasteiger partial charge in [-0.25, -0.2) is 0 Å². The SMILES string of the molecule is CCC(C(=O)OC(C#N)c1cccc(Oc2ccccc2)c1)c1cccc(SC(F)F)c1. The highest BCUT2D eigenvalue weighted by atomic mass is 32.2. The van der Waals surface area contributed by atoms with Crippen molar-refractivity contribution in [1.82, 2.24) is 0 Å². The number of nitrogens with zero attached hydrogens (tertiary/aromatic N) is 1. The number of ether oxygens (including phenoxy) is 2. The van der Waals surface area contributed by atoms with Gasteiger partial charge in [-0.15, -0.1) is 0 Å². The Bertz CT molecular complexity index is 1090. The smallest absolute Gasteiger partial charge is 0.315 e. The molecular formula is C25H21F2NO3S. The number of benzene rings is 3. The van der Waals surface area contributed by atoms with Crippen molar-refractivity contribution in [2.75, 3.05) is 0 Å². The van der Waals surface area contributed by atoms with Crippen LogP contribution in [0.25, 0.3) is 0 Å². The average Bonchev–Trinajstić information content (AvgIpc) is 2.78. The molecule has 3 aromatic rings. The van der Waals surface area contributed by atoms with Gasteiger partial charge in [0.1, 0.15) is 17.6 Å². The summed E-state index contributed by atoms with van der Waals surface area (Å²) in [6, 6.07) is 24.4. The van der Waals surface area contributed by atoms with Crippen LogP contribution in [0.3, 0.4) is 0 Å². The first kappa shape index (κ1) is 23.3.